The predicted octanol–water partition coefficient (Wildman–Crippen LogP) is 2.01. The Hall–Kier alpha value is -1.82. The highest BCUT2D eigenvalue weighted by molar-refractivity contribution is 5.86. The highest BCUT2D eigenvalue weighted by Gasteiger charge is 2.47. The zero-order chi connectivity index (χ0) is 18.0. The van der Waals surface area contributed by atoms with E-state index in [1.165, 1.54) is 0 Å². The molecule has 1 aromatic heterocycles. The number of likely N-dealkylation sites (tertiary alicyclic amines) is 1. The molecule has 138 valence electrons. The molecule has 0 bridgehead atoms. The second-order valence-electron chi connectivity index (χ2n) is 7.55. The highest BCUT2D eigenvalue weighted by Crippen LogP contribution is 2.45. The van der Waals surface area contributed by atoms with Gasteiger partial charge >= 0.3 is 0 Å². The van der Waals surface area contributed by atoms with Crippen LogP contribution < -0.4 is 5.32 Å². The Balaban J connectivity index is 1.70. The first-order chi connectivity index (χ1) is 12.0. The molecule has 2 aliphatic rings. The van der Waals surface area contributed by atoms with Gasteiger partial charge in [0.05, 0.1) is 18.6 Å². The van der Waals surface area contributed by atoms with Gasteiger partial charge < -0.3 is 14.6 Å². The predicted molar refractivity (Wildman–Crippen MR) is 94.7 cm³/mol. The van der Waals surface area contributed by atoms with E-state index in [0.717, 1.165) is 18.4 Å². The standard InChI is InChI=1S/C19H29N3O3/c1-4-21(5-2)17(23)16-10-15(20-18(24)19(3)7-8-19)12-22(16)11-14-6-9-25-13-14/h6,9,13,15-16H,4-5,7-8,10-12H2,1-3H3,(H,20,24)/t15-,16+/m1/s1. The van der Waals surface area contributed by atoms with E-state index in [1.54, 1.807) is 12.5 Å². The first-order valence-corrected chi connectivity index (χ1v) is 9.31. The quantitative estimate of drug-likeness (QED) is 0.819. The summed E-state index contributed by atoms with van der Waals surface area (Å²) in [5.41, 5.74) is 0.870. The number of carbonyl (C=O) groups excluding carboxylic acids is 2. The van der Waals surface area contributed by atoms with Crippen LogP contribution >= 0.6 is 0 Å². The monoisotopic (exact) mass is 347 g/mol. The van der Waals surface area contributed by atoms with Gasteiger partial charge in [0.25, 0.3) is 0 Å². The number of rotatable bonds is 7. The van der Waals surface area contributed by atoms with Crippen molar-refractivity contribution in [2.45, 2.75) is 58.7 Å². The third-order valence-corrected chi connectivity index (χ3v) is 5.61. The molecule has 1 saturated carbocycles. The normalized spacial score (nSPS) is 24.9. The van der Waals surface area contributed by atoms with E-state index < -0.39 is 0 Å². The Kier molecular flexibility index (Phi) is 5.18. The molecule has 3 rings (SSSR count). The van der Waals surface area contributed by atoms with Crippen LogP contribution in [0.2, 0.25) is 0 Å². The molecule has 1 saturated heterocycles. The minimum absolute atomic E-state index is 0.0290. The van der Waals surface area contributed by atoms with Gasteiger partial charge in [0.2, 0.25) is 11.8 Å². The van der Waals surface area contributed by atoms with Crippen LogP contribution in [0.15, 0.2) is 23.0 Å². The van der Waals surface area contributed by atoms with Crippen molar-refractivity contribution in [1.29, 1.82) is 0 Å². The molecule has 2 amide bonds. The second-order valence-corrected chi connectivity index (χ2v) is 7.55. The Morgan fingerprint density at radius 3 is 2.64 bits per heavy atom. The van der Waals surface area contributed by atoms with Crippen LogP contribution in [0.4, 0.5) is 0 Å². The van der Waals surface area contributed by atoms with E-state index in [1.807, 2.05) is 31.7 Å². The van der Waals surface area contributed by atoms with Crippen LogP contribution in [0.5, 0.6) is 0 Å². The lowest BCUT2D eigenvalue weighted by molar-refractivity contribution is -0.135. The fraction of sp³-hybridized carbons (Fsp3) is 0.684. The third kappa shape index (κ3) is 3.89. The average Bonchev–Trinajstić information content (AvgIpc) is 3.00. The fourth-order valence-electron chi connectivity index (χ4n) is 3.58. The van der Waals surface area contributed by atoms with Crippen LogP contribution in [0.3, 0.4) is 0 Å². The van der Waals surface area contributed by atoms with Crippen LogP contribution in [-0.4, -0.2) is 53.3 Å². The van der Waals surface area contributed by atoms with Crippen LogP contribution in [0, 0.1) is 5.41 Å². The van der Waals surface area contributed by atoms with E-state index in [-0.39, 0.29) is 29.3 Å². The molecule has 6 heteroatoms. The molecule has 1 N–H and O–H groups in total. The summed E-state index contributed by atoms with van der Waals surface area (Å²) < 4.78 is 5.16. The van der Waals surface area contributed by atoms with Gasteiger partial charge in [-0.25, -0.2) is 0 Å². The van der Waals surface area contributed by atoms with Crippen molar-refractivity contribution in [3.05, 3.63) is 24.2 Å². The fourth-order valence-corrected chi connectivity index (χ4v) is 3.58. The van der Waals surface area contributed by atoms with Crippen LogP contribution in [-0.2, 0) is 16.1 Å². The van der Waals surface area contributed by atoms with Crippen molar-refractivity contribution in [2.24, 2.45) is 5.41 Å². The molecule has 2 fully saturated rings. The van der Waals surface area contributed by atoms with Crippen molar-refractivity contribution in [1.82, 2.24) is 15.1 Å². The maximum Gasteiger partial charge on any atom is 0.240 e. The molecule has 2 atom stereocenters. The summed E-state index contributed by atoms with van der Waals surface area (Å²) in [7, 11) is 0. The molecule has 1 aromatic rings. The molecule has 2 heterocycles. The smallest absolute Gasteiger partial charge is 0.240 e. The summed E-state index contributed by atoms with van der Waals surface area (Å²) in [5.74, 6) is 0.291. The summed E-state index contributed by atoms with van der Waals surface area (Å²) in [6, 6.07) is 1.77. The number of hydrogen-bond acceptors (Lipinski definition) is 4. The van der Waals surface area contributed by atoms with Crippen molar-refractivity contribution < 1.29 is 14.0 Å². The maximum atomic E-state index is 12.9. The Morgan fingerprint density at radius 1 is 1.36 bits per heavy atom. The summed E-state index contributed by atoms with van der Waals surface area (Å²) in [6.45, 7) is 8.80. The first-order valence-electron chi connectivity index (χ1n) is 9.31. The molecular formula is C19H29N3O3. The zero-order valence-electron chi connectivity index (χ0n) is 15.5. The summed E-state index contributed by atoms with van der Waals surface area (Å²) >= 11 is 0. The number of carbonyl (C=O) groups is 2. The molecule has 0 radical (unpaired) electrons. The SMILES string of the molecule is CCN(CC)C(=O)[C@@H]1C[C@@H](NC(=O)C2(C)CC2)CN1Cc1ccoc1. The molecule has 0 spiro atoms. The zero-order valence-corrected chi connectivity index (χ0v) is 15.5. The second kappa shape index (κ2) is 7.20. The van der Waals surface area contributed by atoms with Crippen molar-refractivity contribution >= 4 is 11.8 Å². The molecule has 1 aliphatic heterocycles. The van der Waals surface area contributed by atoms with Gasteiger partial charge in [-0.3, -0.25) is 14.5 Å². The number of hydrogen-bond donors (Lipinski definition) is 1. The lowest BCUT2D eigenvalue weighted by atomic mass is 10.1. The van der Waals surface area contributed by atoms with E-state index in [4.69, 9.17) is 4.42 Å². The van der Waals surface area contributed by atoms with Gasteiger partial charge in [-0.2, -0.15) is 0 Å². The molecule has 0 aromatic carbocycles. The van der Waals surface area contributed by atoms with E-state index in [0.29, 0.717) is 32.6 Å². The van der Waals surface area contributed by atoms with Gasteiger partial charge in [-0.05, 0) is 39.2 Å². The minimum atomic E-state index is -0.188. The Labute approximate surface area is 149 Å². The Morgan fingerprint density at radius 2 is 2.08 bits per heavy atom. The van der Waals surface area contributed by atoms with Gasteiger partial charge in [0.15, 0.2) is 0 Å². The van der Waals surface area contributed by atoms with Crippen molar-refractivity contribution in [2.75, 3.05) is 19.6 Å². The van der Waals surface area contributed by atoms with Crippen molar-refractivity contribution in [3.63, 3.8) is 0 Å². The van der Waals surface area contributed by atoms with Gasteiger partial charge in [-0.1, -0.05) is 6.92 Å². The van der Waals surface area contributed by atoms with Crippen molar-refractivity contribution in [3.8, 4) is 0 Å². The molecule has 25 heavy (non-hydrogen) atoms. The summed E-state index contributed by atoms with van der Waals surface area (Å²) in [5, 5.41) is 3.18. The van der Waals surface area contributed by atoms with Gasteiger partial charge in [-0.15, -0.1) is 0 Å². The lowest BCUT2D eigenvalue weighted by Crippen LogP contribution is -2.45. The van der Waals surface area contributed by atoms with E-state index >= 15 is 0 Å². The average molecular weight is 347 g/mol. The number of nitrogens with one attached hydrogen (secondary N) is 1. The van der Waals surface area contributed by atoms with Crippen LogP contribution in [0.25, 0.3) is 0 Å². The lowest BCUT2D eigenvalue weighted by Gasteiger charge is -2.28. The number of amides is 2. The van der Waals surface area contributed by atoms with Crippen LogP contribution in [0.1, 0.15) is 45.6 Å². The number of likely N-dealkylation sites (N-methyl/N-ethyl adjacent to an activating group) is 1. The van der Waals surface area contributed by atoms with E-state index in [9.17, 15) is 9.59 Å². The molecular weight excluding hydrogens is 318 g/mol. The largest absolute Gasteiger partial charge is 0.472 e. The maximum absolute atomic E-state index is 12.9. The van der Waals surface area contributed by atoms with Gasteiger partial charge in [0.1, 0.15) is 0 Å². The highest BCUT2D eigenvalue weighted by atomic mass is 16.3. The molecule has 1 aliphatic carbocycles. The number of furan rings is 1. The number of nitrogens with zero attached hydrogens (tertiary/aromatic N) is 2. The topological polar surface area (TPSA) is 65.8 Å². The van der Waals surface area contributed by atoms with E-state index in [2.05, 4.69) is 10.2 Å². The van der Waals surface area contributed by atoms with Gasteiger partial charge in [0, 0.05) is 43.2 Å². The molecule has 0 unspecified atom stereocenters. The summed E-state index contributed by atoms with van der Waals surface area (Å²) in [4.78, 5) is 29.4. The Bertz CT molecular complexity index is 605. The molecule has 6 nitrogen and oxygen atoms in total. The minimum Gasteiger partial charge on any atom is -0.472 e. The summed E-state index contributed by atoms with van der Waals surface area (Å²) in [6.07, 6.45) is 5.98. The first kappa shape index (κ1) is 18.0. The third-order valence-electron chi connectivity index (χ3n) is 5.61.